The Morgan fingerprint density at radius 3 is 3.08 bits per heavy atom. The molecule has 130 valence electrons. The fourth-order valence-corrected chi connectivity index (χ4v) is 3.29. The van der Waals surface area contributed by atoms with Crippen LogP contribution in [0.15, 0.2) is 54.9 Å². The van der Waals surface area contributed by atoms with Gasteiger partial charge < -0.3 is 14.2 Å². The summed E-state index contributed by atoms with van der Waals surface area (Å²) in [6, 6.07) is 15.4. The Balaban J connectivity index is 1.39. The summed E-state index contributed by atoms with van der Waals surface area (Å²) >= 11 is 0. The molecule has 1 aliphatic rings. The number of fused-ring (bicyclic) bond motifs is 1. The highest BCUT2D eigenvalue weighted by Gasteiger charge is 2.28. The van der Waals surface area contributed by atoms with E-state index in [0.29, 0.717) is 31.1 Å². The number of nitrogens with zero attached hydrogens (tertiary/aromatic N) is 4. The molecule has 26 heavy (non-hydrogen) atoms. The Bertz CT molecular complexity index is 989. The van der Waals surface area contributed by atoms with Crippen LogP contribution in [0.5, 0.6) is 5.88 Å². The average Bonchev–Trinajstić information content (AvgIpc) is 3.29. The zero-order chi connectivity index (χ0) is 17.9. The standard InChI is InChI=1S/C20H18N4O2/c21-12-15-5-8-22-19(11-15)26-17-7-10-24(13-17)20(25)14-23-9-6-16-3-1-2-4-18(16)23/h1-6,8-9,11,17H,7,10,13-14H2. The van der Waals surface area contributed by atoms with Gasteiger partial charge in [-0.1, -0.05) is 18.2 Å². The van der Waals surface area contributed by atoms with Crippen molar-refractivity contribution in [1.29, 1.82) is 5.26 Å². The lowest BCUT2D eigenvalue weighted by Crippen LogP contribution is -2.33. The van der Waals surface area contributed by atoms with Crippen molar-refractivity contribution >= 4 is 16.8 Å². The van der Waals surface area contributed by atoms with Crippen molar-refractivity contribution in [2.45, 2.75) is 19.1 Å². The second-order valence-corrected chi connectivity index (χ2v) is 6.37. The molecule has 1 unspecified atom stereocenters. The van der Waals surface area contributed by atoms with E-state index in [1.807, 2.05) is 46.0 Å². The number of carbonyl (C=O) groups is 1. The number of ether oxygens (including phenoxy) is 1. The van der Waals surface area contributed by atoms with E-state index in [0.717, 1.165) is 17.3 Å². The third kappa shape index (κ3) is 3.24. The fourth-order valence-electron chi connectivity index (χ4n) is 3.29. The number of para-hydroxylation sites is 1. The summed E-state index contributed by atoms with van der Waals surface area (Å²) in [5.41, 5.74) is 1.57. The van der Waals surface area contributed by atoms with Crippen LogP contribution in [0.1, 0.15) is 12.0 Å². The fraction of sp³-hybridized carbons (Fsp3) is 0.250. The number of nitriles is 1. The summed E-state index contributed by atoms with van der Waals surface area (Å²) in [4.78, 5) is 18.6. The van der Waals surface area contributed by atoms with Crippen molar-refractivity contribution in [3.63, 3.8) is 0 Å². The first kappa shape index (κ1) is 16.2. The first-order chi connectivity index (χ1) is 12.7. The molecule has 4 rings (SSSR count). The molecule has 0 N–H and O–H groups in total. The summed E-state index contributed by atoms with van der Waals surface area (Å²) in [6.45, 7) is 1.53. The number of amides is 1. The SMILES string of the molecule is N#Cc1ccnc(OC2CCN(C(=O)Cn3ccc4ccccc43)C2)c1. The van der Waals surface area contributed by atoms with Crippen molar-refractivity contribution in [2.24, 2.45) is 0 Å². The summed E-state index contributed by atoms with van der Waals surface area (Å²) in [6.07, 6.45) is 4.17. The monoisotopic (exact) mass is 346 g/mol. The quantitative estimate of drug-likeness (QED) is 0.728. The second-order valence-electron chi connectivity index (χ2n) is 6.37. The third-order valence-corrected chi connectivity index (χ3v) is 4.63. The molecule has 1 fully saturated rings. The van der Waals surface area contributed by atoms with Crippen LogP contribution >= 0.6 is 0 Å². The van der Waals surface area contributed by atoms with Crippen LogP contribution in [0, 0.1) is 11.3 Å². The van der Waals surface area contributed by atoms with E-state index in [2.05, 4.69) is 11.1 Å². The summed E-state index contributed by atoms with van der Waals surface area (Å²) in [7, 11) is 0. The number of likely N-dealkylation sites (tertiary alicyclic amines) is 1. The van der Waals surface area contributed by atoms with Crippen LogP contribution in [-0.2, 0) is 11.3 Å². The lowest BCUT2D eigenvalue weighted by Gasteiger charge is -2.17. The molecule has 1 saturated heterocycles. The largest absolute Gasteiger partial charge is 0.472 e. The van der Waals surface area contributed by atoms with Gasteiger partial charge >= 0.3 is 0 Å². The highest BCUT2D eigenvalue weighted by atomic mass is 16.5. The molecule has 1 atom stereocenters. The minimum atomic E-state index is -0.0956. The number of rotatable bonds is 4. The first-order valence-electron chi connectivity index (χ1n) is 8.57. The maximum absolute atomic E-state index is 12.6. The lowest BCUT2D eigenvalue weighted by atomic mass is 10.2. The third-order valence-electron chi connectivity index (χ3n) is 4.63. The molecule has 0 bridgehead atoms. The molecule has 2 aromatic heterocycles. The molecule has 3 heterocycles. The van der Waals surface area contributed by atoms with Crippen molar-refractivity contribution in [2.75, 3.05) is 13.1 Å². The molecular formula is C20H18N4O2. The molecule has 6 nitrogen and oxygen atoms in total. The van der Waals surface area contributed by atoms with Crippen LogP contribution < -0.4 is 4.74 Å². The van der Waals surface area contributed by atoms with E-state index in [-0.39, 0.29) is 12.0 Å². The van der Waals surface area contributed by atoms with E-state index in [1.54, 1.807) is 18.3 Å². The molecular weight excluding hydrogens is 328 g/mol. The van der Waals surface area contributed by atoms with Crippen molar-refractivity contribution in [3.8, 4) is 11.9 Å². The van der Waals surface area contributed by atoms with E-state index >= 15 is 0 Å². The zero-order valence-corrected chi connectivity index (χ0v) is 14.2. The molecule has 0 aliphatic carbocycles. The number of benzene rings is 1. The highest BCUT2D eigenvalue weighted by Crippen LogP contribution is 2.19. The Kier molecular flexibility index (Phi) is 4.28. The second kappa shape index (κ2) is 6.89. The molecule has 6 heteroatoms. The summed E-state index contributed by atoms with van der Waals surface area (Å²) in [5.74, 6) is 0.510. The van der Waals surface area contributed by atoms with Crippen LogP contribution in [0.2, 0.25) is 0 Å². The number of aromatic nitrogens is 2. The molecule has 1 amide bonds. The Labute approximate surface area is 151 Å². The summed E-state index contributed by atoms with van der Waals surface area (Å²) < 4.78 is 7.82. The Hall–Kier alpha value is -3.33. The van der Waals surface area contributed by atoms with Gasteiger partial charge in [-0.25, -0.2) is 4.98 Å². The van der Waals surface area contributed by atoms with Gasteiger partial charge in [0.1, 0.15) is 12.6 Å². The average molecular weight is 346 g/mol. The number of carbonyl (C=O) groups excluding carboxylic acids is 1. The minimum Gasteiger partial charge on any atom is -0.472 e. The van der Waals surface area contributed by atoms with Gasteiger partial charge in [-0.15, -0.1) is 0 Å². The van der Waals surface area contributed by atoms with E-state index < -0.39 is 0 Å². The van der Waals surface area contributed by atoms with Crippen LogP contribution in [-0.4, -0.2) is 39.6 Å². The molecule has 0 spiro atoms. The Morgan fingerprint density at radius 1 is 1.31 bits per heavy atom. The number of hydrogen-bond acceptors (Lipinski definition) is 4. The molecule has 1 aromatic carbocycles. The maximum Gasteiger partial charge on any atom is 0.242 e. The molecule has 3 aromatic rings. The van der Waals surface area contributed by atoms with Crippen LogP contribution in [0.3, 0.4) is 0 Å². The van der Waals surface area contributed by atoms with Gasteiger partial charge in [-0.2, -0.15) is 5.26 Å². The van der Waals surface area contributed by atoms with Crippen molar-refractivity contribution in [1.82, 2.24) is 14.5 Å². The van der Waals surface area contributed by atoms with Crippen molar-refractivity contribution < 1.29 is 9.53 Å². The van der Waals surface area contributed by atoms with Crippen LogP contribution in [0.4, 0.5) is 0 Å². The molecule has 0 radical (unpaired) electrons. The topological polar surface area (TPSA) is 71.2 Å². The van der Waals surface area contributed by atoms with Gasteiger partial charge in [0.15, 0.2) is 0 Å². The summed E-state index contributed by atoms with van der Waals surface area (Å²) in [5, 5.41) is 10.1. The van der Waals surface area contributed by atoms with Crippen LogP contribution in [0.25, 0.3) is 10.9 Å². The minimum absolute atomic E-state index is 0.0798. The Morgan fingerprint density at radius 2 is 2.19 bits per heavy atom. The lowest BCUT2D eigenvalue weighted by molar-refractivity contribution is -0.131. The van der Waals surface area contributed by atoms with Gasteiger partial charge in [0.2, 0.25) is 11.8 Å². The van der Waals surface area contributed by atoms with Gasteiger partial charge in [-0.3, -0.25) is 4.79 Å². The highest BCUT2D eigenvalue weighted by molar-refractivity contribution is 5.83. The van der Waals surface area contributed by atoms with Gasteiger partial charge in [0.25, 0.3) is 0 Å². The number of pyridine rings is 1. The van der Waals surface area contributed by atoms with E-state index in [9.17, 15) is 4.79 Å². The maximum atomic E-state index is 12.6. The zero-order valence-electron chi connectivity index (χ0n) is 14.2. The van der Waals surface area contributed by atoms with E-state index in [4.69, 9.17) is 10.00 Å². The van der Waals surface area contributed by atoms with Gasteiger partial charge in [0, 0.05) is 36.9 Å². The smallest absolute Gasteiger partial charge is 0.242 e. The number of hydrogen-bond donors (Lipinski definition) is 0. The molecule has 1 aliphatic heterocycles. The van der Waals surface area contributed by atoms with Gasteiger partial charge in [0.05, 0.1) is 18.2 Å². The van der Waals surface area contributed by atoms with Crippen molar-refractivity contribution in [3.05, 3.63) is 60.4 Å². The van der Waals surface area contributed by atoms with Gasteiger partial charge in [-0.05, 0) is 23.6 Å². The van der Waals surface area contributed by atoms with E-state index in [1.165, 1.54) is 0 Å². The predicted octanol–water partition coefficient (Wildman–Crippen LogP) is 2.59. The normalized spacial score (nSPS) is 16.6. The first-order valence-corrected chi connectivity index (χ1v) is 8.57. The predicted molar refractivity (Wildman–Crippen MR) is 96.5 cm³/mol. The molecule has 0 saturated carbocycles.